The van der Waals surface area contributed by atoms with Crippen LogP contribution in [0.25, 0.3) is 0 Å². The monoisotopic (exact) mass is 193 g/mol. The van der Waals surface area contributed by atoms with E-state index in [0.29, 0.717) is 12.1 Å². The lowest BCUT2D eigenvalue weighted by molar-refractivity contribution is 0.360. The second-order valence-corrected chi connectivity index (χ2v) is 4.26. The van der Waals surface area contributed by atoms with E-state index < -0.39 is 0 Å². The van der Waals surface area contributed by atoms with Crippen molar-refractivity contribution in [3.63, 3.8) is 0 Å². The van der Waals surface area contributed by atoms with E-state index in [9.17, 15) is 0 Å². The van der Waals surface area contributed by atoms with Crippen LogP contribution in [0.5, 0.6) is 0 Å². The molecular weight excluding hydrogens is 174 g/mol. The molecule has 1 unspecified atom stereocenters. The molecule has 0 saturated heterocycles. The summed E-state index contributed by atoms with van der Waals surface area (Å²) in [6.07, 6.45) is 5.76. The summed E-state index contributed by atoms with van der Waals surface area (Å²) in [7, 11) is 0. The molecule has 1 saturated carbocycles. The Morgan fingerprint density at radius 2 is 2.36 bits per heavy atom. The summed E-state index contributed by atoms with van der Waals surface area (Å²) in [5, 5.41) is 3.64. The fourth-order valence-corrected chi connectivity index (χ4v) is 2.03. The van der Waals surface area contributed by atoms with E-state index in [0.717, 1.165) is 11.7 Å². The second-order valence-electron chi connectivity index (χ2n) is 4.26. The topological polar surface area (TPSA) is 25.2 Å². The van der Waals surface area contributed by atoms with Crippen LogP contribution in [0, 0.1) is 5.92 Å². The highest BCUT2D eigenvalue weighted by Crippen LogP contribution is 2.35. The Bertz CT molecular complexity index is 264. The molecule has 0 aliphatic heterocycles. The molecule has 2 heteroatoms. The van der Waals surface area contributed by atoms with E-state index in [1.165, 1.54) is 19.3 Å². The zero-order valence-electron chi connectivity index (χ0n) is 8.99. The van der Waals surface area contributed by atoms with Gasteiger partial charge in [0.2, 0.25) is 0 Å². The van der Waals surface area contributed by atoms with Crippen LogP contribution in [-0.4, -0.2) is 6.04 Å². The maximum atomic E-state index is 5.38. The van der Waals surface area contributed by atoms with E-state index >= 15 is 0 Å². The van der Waals surface area contributed by atoms with Gasteiger partial charge in [-0.1, -0.05) is 6.92 Å². The molecule has 2 nitrogen and oxygen atoms in total. The highest BCUT2D eigenvalue weighted by Gasteiger charge is 2.30. The Labute approximate surface area is 85.7 Å². The van der Waals surface area contributed by atoms with Crippen molar-refractivity contribution in [3.05, 3.63) is 24.2 Å². The van der Waals surface area contributed by atoms with Crippen molar-refractivity contribution < 1.29 is 4.42 Å². The number of rotatable bonds is 5. The smallest absolute Gasteiger partial charge is 0.120 e. The van der Waals surface area contributed by atoms with Crippen molar-refractivity contribution in [1.29, 1.82) is 0 Å². The number of hydrogen-bond acceptors (Lipinski definition) is 2. The Kier molecular flexibility index (Phi) is 2.92. The zero-order valence-corrected chi connectivity index (χ0v) is 8.99. The predicted octanol–water partition coefficient (Wildman–Crippen LogP) is 3.12. The lowest BCUT2D eigenvalue weighted by Crippen LogP contribution is -2.32. The normalized spacial score (nSPS) is 20.7. The first-order valence-electron chi connectivity index (χ1n) is 5.60. The molecule has 78 valence electrons. The summed E-state index contributed by atoms with van der Waals surface area (Å²) in [4.78, 5) is 0. The van der Waals surface area contributed by atoms with Gasteiger partial charge in [0.15, 0.2) is 0 Å². The molecule has 1 heterocycles. The van der Waals surface area contributed by atoms with Gasteiger partial charge in [-0.2, -0.15) is 0 Å². The minimum atomic E-state index is 0.343. The first-order chi connectivity index (χ1) is 6.81. The predicted molar refractivity (Wildman–Crippen MR) is 57.1 cm³/mol. The third-order valence-electron chi connectivity index (χ3n) is 3.06. The van der Waals surface area contributed by atoms with Crippen LogP contribution in [0.15, 0.2) is 22.8 Å². The maximum Gasteiger partial charge on any atom is 0.120 e. The average molecular weight is 193 g/mol. The Morgan fingerprint density at radius 1 is 1.57 bits per heavy atom. The summed E-state index contributed by atoms with van der Waals surface area (Å²) in [6, 6.07) is 5.01. The fraction of sp³-hybridized carbons (Fsp3) is 0.667. The van der Waals surface area contributed by atoms with Crippen LogP contribution in [0.3, 0.4) is 0 Å². The molecule has 0 spiro atoms. The number of nitrogens with one attached hydrogen (secondary N) is 1. The summed E-state index contributed by atoms with van der Waals surface area (Å²) in [5.74, 6) is 1.96. The van der Waals surface area contributed by atoms with Gasteiger partial charge in [0.25, 0.3) is 0 Å². The Hall–Kier alpha value is -0.760. The summed E-state index contributed by atoms with van der Waals surface area (Å²) < 4.78 is 5.38. The number of furan rings is 1. The van der Waals surface area contributed by atoms with Crippen molar-refractivity contribution in [2.24, 2.45) is 5.92 Å². The van der Waals surface area contributed by atoms with Crippen LogP contribution < -0.4 is 5.32 Å². The van der Waals surface area contributed by atoms with Crippen LogP contribution in [0.2, 0.25) is 0 Å². The molecular formula is C12H19NO. The second kappa shape index (κ2) is 4.18. The average Bonchev–Trinajstić information content (AvgIpc) is 2.88. The van der Waals surface area contributed by atoms with Crippen LogP contribution >= 0.6 is 0 Å². The highest BCUT2D eigenvalue weighted by atomic mass is 16.3. The third kappa shape index (κ3) is 2.18. The van der Waals surface area contributed by atoms with E-state index in [1.54, 1.807) is 6.26 Å². The molecule has 0 aromatic carbocycles. The van der Waals surface area contributed by atoms with Crippen LogP contribution in [0.1, 0.15) is 44.9 Å². The number of hydrogen-bond donors (Lipinski definition) is 1. The largest absolute Gasteiger partial charge is 0.468 e. The molecule has 1 aromatic heterocycles. The van der Waals surface area contributed by atoms with Gasteiger partial charge in [-0.3, -0.25) is 0 Å². The summed E-state index contributed by atoms with van der Waals surface area (Å²) in [6.45, 7) is 4.43. The first kappa shape index (κ1) is 9.78. The van der Waals surface area contributed by atoms with Gasteiger partial charge in [0, 0.05) is 6.04 Å². The van der Waals surface area contributed by atoms with Crippen LogP contribution in [0.4, 0.5) is 0 Å². The van der Waals surface area contributed by atoms with Crippen molar-refractivity contribution in [1.82, 2.24) is 5.32 Å². The van der Waals surface area contributed by atoms with Gasteiger partial charge in [-0.25, -0.2) is 0 Å². The third-order valence-corrected chi connectivity index (χ3v) is 3.06. The van der Waals surface area contributed by atoms with Crippen molar-refractivity contribution >= 4 is 0 Å². The molecule has 1 fully saturated rings. The summed E-state index contributed by atoms with van der Waals surface area (Å²) in [5.41, 5.74) is 0. The van der Waals surface area contributed by atoms with Crippen molar-refractivity contribution in [2.75, 3.05) is 0 Å². The molecule has 1 aromatic rings. The quantitative estimate of drug-likeness (QED) is 0.777. The van der Waals surface area contributed by atoms with Crippen molar-refractivity contribution in [2.45, 2.75) is 45.2 Å². The van der Waals surface area contributed by atoms with Gasteiger partial charge in [0.1, 0.15) is 5.76 Å². The lowest BCUT2D eigenvalue weighted by atomic mass is 10.1. The van der Waals surface area contributed by atoms with Gasteiger partial charge in [-0.05, 0) is 44.2 Å². The minimum Gasteiger partial charge on any atom is -0.468 e. The molecule has 2 rings (SSSR count). The minimum absolute atomic E-state index is 0.343. The van der Waals surface area contributed by atoms with E-state index in [2.05, 4.69) is 19.2 Å². The van der Waals surface area contributed by atoms with Crippen LogP contribution in [-0.2, 0) is 0 Å². The molecule has 1 aliphatic carbocycles. The first-order valence-corrected chi connectivity index (χ1v) is 5.60. The molecule has 14 heavy (non-hydrogen) atoms. The highest BCUT2D eigenvalue weighted by molar-refractivity contribution is 5.04. The van der Waals surface area contributed by atoms with Crippen molar-refractivity contribution in [3.8, 4) is 0 Å². The van der Waals surface area contributed by atoms with E-state index in [4.69, 9.17) is 4.42 Å². The van der Waals surface area contributed by atoms with Gasteiger partial charge in [0.05, 0.1) is 12.3 Å². The molecule has 2 atom stereocenters. The molecule has 1 N–H and O–H groups in total. The van der Waals surface area contributed by atoms with E-state index in [1.807, 2.05) is 12.1 Å². The van der Waals surface area contributed by atoms with Gasteiger partial charge < -0.3 is 9.73 Å². The molecule has 0 radical (unpaired) electrons. The van der Waals surface area contributed by atoms with E-state index in [-0.39, 0.29) is 0 Å². The zero-order chi connectivity index (χ0) is 9.97. The standard InChI is InChI=1S/C12H19NO/c1-3-11(10-6-7-10)13-9(2)12-5-4-8-14-12/h4-5,8-11,13H,3,6-7H2,1-2H3/t9-,11?/m1/s1. The van der Waals surface area contributed by atoms with Gasteiger partial charge >= 0.3 is 0 Å². The van der Waals surface area contributed by atoms with Gasteiger partial charge in [-0.15, -0.1) is 0 Å². The molecule has 0 amide bonds. The Morgan fingerprint density at radius 3 is 2.86 bits per heavy atom. The lowest BCUT2D eigenvalue weighted by Gasteiger charge is -2.20. The maximum absolute atomic E-state index is 5.38. The summed E-state index contributed by atoms with van der Waals surface area (Å²) >= 11 is 0. The molecule has 0 bridgehead atoms. The fourth-order valence-electron chi connectivity index (χ4n) is 2.03. The SMILES string of the molecule is CCC(N[C@H](C)c1ccco1)C1CC1. The molecule has 1 aliphatic rings. The Balaban J connectivity index is 1.89.